The zero-order valence-electron chi connectivity index (χ0n) is 11.9. The molecule has 20 heavy (non-hydrogen) atoms. The Balaban J connectivity index is 1.80. The Bertz CT molecular complexity index is 341. The highest BCUT2D eigenvalue weighted by molar-refractivity contribution is 5.74. The van der Waals surface area contributed by atoms with Crippen molar-refractivity contribution in [3.63, 3.8) is 0 Å². The summed E-state index contributed by atoms with van der Waals surface area (Å²) in [6, 6.07) is -0.0524. The molecule has 0 aromatic heterocycles. The quantitative estimate of drug-likeness (QED) is 0.718. The first-order chi connectivity index (χ1) is 9.68. The van der Waals surface area contributed by atoms with Crippen molar-refractivity contribution < 1.29 is 14.7 Å². The van der Waals surface area contributed by atoms with Crippen LogP contribution in [0.5, 0.6) is 0 Å². The lowest BCUT2D eigenvalue weighted by atomic mass is 9.79. The number of nitrogens with one attached hydrogen (secondary N) is 2. The molecule has 2 fully saturated rings. The smallest absolute Gasteiger partial charge is 0.317 e. The maximum atomic E-state index is 12.1. The molecule has 1 aliphatic heterocycles. The van der Waals surface area contributed by atoms with Gasteiger partial charge in [-0.05, 0) is 31.7 Å². The fourth-order valence-corrected chi connectivity index (χ4v) is 3.16. The molecule has 0 aromatic rings. The van der Waals surface area contributed by atoms with Gasteiger partial charge in [0.05, 0.1) is 5.92 Å². The summed E-state index contributed by atoms with van der Waals surface area (Å²) in [7, 11) is 0. The number of carboxylic acids is 1. The zero-order valence-corrected chi connectivity index (χ0v) is 11.9. The molecule has 0 radical (unpaired) electrons. The van der Waals surface area contributed by atoms with Crippen LogP contribution in [0.15, 0.2) is 0 Å². The molecule has 6 nitrogen and oxygen atoms in total. The Kier molecular flexibility index (Phi) is 5.64. The third-order valence-electron chi connectivity index (χ3n) is 4.37. The zero-order chi connectivity index (χ0) is 14.4. The number of aliphatic carboxylic acids is 1. The minimum atomic E-state index is -0.720. The molecule has 1 saturated carbocycles. The molecule has 1 heterocycles. The predicted octanol–water partition coefficient (Wildman–Crippen LogP) is 0.882. The van der Waals surface area contributed by atoms with E-state index in [1.807, 2.05) is 4.90 Å². The fourth-order valence-electron chi connectivity index (χ4n) is 3.16. The van der Waals surface area contributed by atoms with E-state index in [0.717, 1.165) is 58.3 Å². The third kappa shape index (κ3) is 4.10. The Hall–Kier alpha value is -1.30. The van der Waals surface area contributed by atoms with Gasteiger partial charge in [-0.3, -0.25) is 4.79 Å². The maximum Gasteiger partial charge on any atom is 0.317 e. The molecule has 2 rings (SSSR count). The standard InChI is InChI=1S/C14H25N3O3/c18-13(19)12-5-2-1-4-11(12)10-16-14(20)17-8-3-6-15-7-9-17/h11-12,15H,1-10H2,(H,16,20)(H,18,19). The molecule has 6 heteroatoms. The van der Waals surface area contributed by atoms with Crippen molar-refractivity contribution in [2.75, 3.05) is 32.7 Å². The molecule has 0 spiro atoms. The number of hydrogen-bond donors (Lipinski definition) is 3. The van der Waals surface area contributed by atoms with Gasteiger partial charge in [0, 0.05) is 26.2 Å². The summed E-state index contributed by atoms with van der Waals surface area (Å²) >= 11 is 0. The van der Waals surface area contributed by atoms with E-state index in [2.05, 4.69) is 10.6 Å². The first kappa shape index (κ1) is 15.1. The number of nitrogens with zero attached hydrogens (tertiary/aromatic N) is 1. The van der Waals surface area contributed by atoms with Gasteiger partial charge < -0.3 is 20.6 Å². The third-order valence-corrected chi connectivity index (χ3v) is 4.37. The van der Waals surface area contributed by atoms with Crippen LogP contribution in [0.25, 0.3) is 0 Å². The van der Waals surface area contributed by atoms with Gasteiger partial charge in [0.25, 0.3) is 0 Å². The van der Waals surface area contributed by atoms with E-state index in [9.17, 15) is 14.7 Å². The van der Waals surface area contributed by atoms with Crippen LogP contribution in [-0.2, 0) is 4.79 Å². The van der Waals surface area contributed by atoms with E-state index in [-0.39, 0.29) is 17.9 Å². The average molecular weight is 283 g/mol. The van der Waals surface area contributed by atoms with Gasteiger partial charge in [0.2, 0.25) is 0 Å². The Labute approximate surface area is 119 Å². The molecule has 3 N–H and O–H groups in total. The molecule has 2 atom stereocenters. The largest absolute Gasteiger partial charge is 0.481 e. The summed E-state index contributed by atoms with van der Waals surface area (Å²) in [5.41, 5.74) is 0. The van der Waals surface area contributed by atoms with Gasteiger partial charge in [-0.2, -0.15) is 0 Å². The van der Waals surface area contributed by atoms with Crippen LogP contribution >= 0.6 is 0 Å². The number of urea groups is 1. The Morgan fingerprint density at radius 1 is 1.15 bits per heavy atom. The van der Waals surface area contributed by atoms with Gasteiger partial charge in [-0.1, -0.05) is 12.8 Å². The lowest BCUT2D eigenvalue weighted by Crippen LogP contribution is -2.45. The molecule has 0 bridgehead atoms. The second kappa shape index (κ2) is 7.47. The van der Waals surface area contributed by atoms with E-state index in [1.54, 1.807) is 0 Å². The SMILES string of the molecule is O=C(O)C1CCCCC1CNC(=O)N1CCCNCC1. The van der Waals surface area contributed by atoms with Crippen molar-refractivity contribution in [1.82, 2.24) is 15.5 Å². The van der Waals surface area contributed by atoms with Crippen molar-refractivity contribution >= 4 is 12.0 Å². The lowest BCUT2D eigenvalue weighted by molar-refractivity contribution is -0.144. The van der Waals surface area contributed by atoms with E-state index in [4.69, 9.17) is 0 Å². The summed E-state index contributed by atoms with van der Waals surface area (Å²) < 4.78 is 0. The topological polar surface area (TPSA) is 81.7 Å². The van der Waals surface area contributed by atoms with Crippen LogP contribution in [-0.4, -0.2) is 54.7 Å². The first-order valence-corrected chi connectivity index (χ1v) is 7.65. The van der Waals surface area contributed by atoms with Crippen molar-refractivity contribution in [2.24, 2.45) is 11.8 Å². The average Bonchev–Trinajstić information content (AvgIpc) is 2.74. The molecular weight excluding hydrogens is 258 g/mol. The minimum absolute atomic E-state index is 0.0524. The molecule has 0 aromatic carbocycles. The highest BCUT2D eigenvalue weighted by Gasteiger charge is 2.31. The van der Waals surface area contributed by atoms with Crippen molar-refractivity contribution in [3.05, 3.63) is 0 Å². The monoisotopic (exact) mass is 283 g/mol. The number of carbonyl (C=O) groups is 2. The molecule has 114 valence electrons. The molecule has 2 unspecified atom stereocenters. The first-order valence-electron chi connectivity index (χ1n) is 7.65. The van der Waals surface area contributed by atoms with Crippen LogP contribution in [0.1, 0.15) is 32.1 Å². The van der Waals surface area contributed by atoms with Gasteiger partial charge >= 0.3 is 12.0 Å². The summed E-state index contributed by atoms with van der Waals surface area (Å²) in [6.45, 7) is 3.76. The number of hydrogen-bond acceptors (Lipinski definition) is 3. The maximum absolute atomic E-state index is 12.1. The summed E-state index contributed by atoms with van der Waals surface area (Å²) in [4.78, 5) is 25.2. The van der Waals surface area contributed by atoms with Gasteiger partial charge in [0.1, 0.15) is 0 Å². The number of amides is 2. The van der Waals surface area contributed by atoms with Crippen molar-refractivity contribution in [3.8, 4) is 0 Å². The number of carboxylic acid groups (broad SMARTS) is 1. The predicted molar refractivity (Wildman–Crippen MR) is 75.5 cm³/mol. The van der Waals surface area contributed by atoms with E-state index < -0.39 is 5.97 Å². The Morgan fingerprint density at radius 2 is 1.95 bits per heavy atom. The summed E-state index contributed by atoms with van der Waals surface area (Å²) in [5, 5.41) is 15.4. The van der Waals surface area contributed by atoms with Crippen molar-refractivity contribution in [2.45, 2.75) is 32.1 Å². The van der Waals surface area contributed by atoms with Crippen LogP contribution in [0.3, 0.4) is 0 Å². The molecule has 1 aliphatic carbocycles. The summed E-state index contributed by atoms with van der Waals surface area (Å²) in [5.74, 6) is -0.937. The second-order valence-corrected chi connectivity index (χ2v) is 5.77. The van der Waals surface area contributed by atoms with Crippen LogP contribution in [0.4, 0.5) is 4.79 Å². The molecule has 2 amide bonds. The summed E-state index contributed by atoms with van der Waals surface area (Å²) in [6.07, 6.45) is 4.66. The molecular formula is C14H25N3O3. The fraction of sp³-hybridized carbons (Fsp3) is 0.857. The van der Waals surface area contributed by atoms with Crippen LogP contribution < -0.4 is 10.6 Å². The van der Waals surface area contributed by atoms with Crippen LogP contribution in [0, 0.1) is 11.8 Å². The lowest BCUT2D eigenvalue weighted by Gasteiger charge is -2.29. The van der Waals surface area contributed by atoms with Crippen molar-refractivity contribution in [1.29, 1.82) is 0 Å². The highest BCUT2D eigenvalue weighted by atomic mass is 16.4. The normalized spacial score (nSPS) is 27.7. The molecule has 2 aliphatic rings. The molecule has 1 saturated heterocycles. The highest BCUT2D eigenvalue weighted by Crippen LogP contribution is 2.29. The van der Waals surface area contributed by atoms with E-state index in [1.165, 1.54) is 0 Å². The second-order valence-electron chi connectivity index (χ2n) is 5.77. The number of rotatable bonds is 3. The van der Waals surface area contributed by atoms with Gasteiger partial charge in [-0.15, -0.1) is 0 Å². The van der Waals surface area contributed by atoms with Crippen LogP contribution in [0.2, 0.25) is 0 Å². The van der Waals surface area contributed by atoms with Gasteiger partial charge in [0.15, 0.2) is 0 Å². The number of carbonyl (C=O) groups excluding carboxylic acids is 1. The Morgan fingerprint density at radius 3 is 2.75 bits per heavy atom. The minimum Gasteiger partial charge on any atom is -0.481 e. The van der Waals surface area contributed by atoms with Gasteiger partial charge in [-0.25, -0.2) is 4.79 Å². The van der Waals surface area contributed by atoms with E-state index in [0.29, 0.717) is 6.54 Å². The van der Waals surface area contributed by atoms with E-state index >= 15 is 0 Å².